The first-order valence-corrected chi connectivity index (χ1v) is 6.85. The van der Waals surface area contributed by atoms with Crippen molar-refractivity contribution >= 4 is 5.95 Å². The number of ether oxygens (including phenoxy) is 1. The molecule has 1 aromatic heterocycles. The highest BCUT2D eigenvalue weighted by Gasteiger charge is 2.06. The van der Waals surface area contributed by atoms with Crippen LogP contribution in [0.2, 0.25) is 0 Å². The number of para-hydroxylation sites is 1. The minimum absolute atomic E-state index is 0.161. The number of rotatable bonds is 5. The summed E-state index contributed by atoms with van der Waals surface area (Å²) in [6.07, 6.45) is 0. The van der Waals surface area contributed by atoms with Crippen LogP contribution in [0, 0.1) is 5.95 Å². The van der Waals surface area contributed by atoms with Crippen LogP contribution in [0.5, 0.6) is 11.6 Å². The largest absolute Gasteiger partial charge is 0.439 e. The predicted molar refractivity (Wildman–Crippen MR) is 82.3 cm³/mol. The Bertz CT molecular complexity index is 735. The molecule has 0 unspecified atom stereocenters. The summed E-state index contributed by atoms with van der Waals surface area (Å²) in [5.74, 6) is 0.301. The lowest BCUT2D eigenvalue weighted by molar-refractivity contribution is 0.452. The highest BCUT2D eigenvalue weighted by atomic mass is 19.1. The van der Waals surface area contributed by atoms with Gasteiger partial charge in [-0.15, -0.1) is 0 Å². The normalized spacial score (nSPS) is 10.2. The Balaban J connectivity index is 1.72. The second-order valence-electron chi connectivity index (χ2n) is 4.61. The molecule has 4 nitrogen and oxygen atoms in total. The zero-order valence-electron chi connectivity index (χ0n) is 11.7. The molecule has 0 aliphatic rings. The summed E-state index contributed by atoms with van der Waals surface area (Å²) in [6, 6.07) is 20.0. The summed E-state index contributed by atoms with van der Waals surface area (Å²) >= 11 is 0. The standard InChI is InChI=1S/C17H14FN3O/c18-15-11-16(22-14-9-5-2-6-10-14)21-17(20-15)19-12-13-7-3-1-4-8-13/h1-11H,12H2,(H,19,20,21). The zero-order chi connectivity index (χ0) is 15.2. The third-order valence-corrected chi connectivity index (χ3v) is 2.93. The summed E-state index contributed by atoms with van der Waals surface area (Å²) in [6.45, 7) is 0.509. The van der Waals surface area contributed by atoms with E-state index in [-0.39, 0.29) is 11.8 Å². The van der Waals surface area contributed by atoms with Crippen molar-refractivity contribution < 1.29 is 9.13 Å². The molecule has 0 fully saturated rings. The van der Waals surface area contributed by atoms with Gasteiger partial charge in [0, 0.05) is 6.54 Å². The van der Waals surface area contributed by atoms with Crippen molar-refractivity contribution in [3.63, 3.8) is 0 Å². The van der Waals surface area contributed by atoms with Crippen molar-refractivity contribution in [2.75, 3.05) is 5.32 Å². The molecule has 5 heteroatoms. The lowest BCUT2D eigenvalue weighted by Gasteiger charge is -2.08. The Morgan fingerprint density at radius 3 is 2.32 bits per heavy atom. The van der Waals surface area contributed by atoms with Crippen LogP contribution in [-0.2, 0) is 6.54 Å². The summed E-state index contributed by atoms with van der Waals surface area (Å²) in [5, 5.41) is 2.99. The van der Waals surface area contributed by atoms with Gasteiger partial charge in [-0.2, -0.15) is 14.4 Å². The molecule has 3 aromatic rings. The van der Waals surface area contributed by atoms with Gasteiger partial charge in [-0.05, 0) is 17.7 Å². The molecule has 22 heavy (non-hydrogen) atoms. The zero-order valence-corrected chi connectivity index (χ0v) is 11.7. The SMILES string of the molecule is Fc1cc(Oc2ccccc2)nc(NCc2ccccc2)n1. The van der Waals surface area contributed by atoms with E-state index in [0.717, 1.165) is 11.6 Å². The fourth-order valence-electron chi connectivity index (χ4n) is 1.91. The van der Waals surface area contributed by atoms with Crippen LogP contribution < -0.4 is 10.1 Å². The Morgan fingerprint density at radius 2 is 1.59 bits per heavy atom. The van der Waals surface area contributed by atoms with Crippen LogP contribution in [0.1, 0.15) is 5.56 Å². The Labute approximate surface area is 127 Å². The quantitative estimate of drug-likeness (QED) is 0.722. The minimum Gasteiger partial charge on any atom is -0.439 e. The van der Waals surface area contributed by atoms with Crippen molar-refractivity contribution in [1.29, 1.82) is 0 Å². The molecule has 110 valence electrons. The van der Waals surface area contributed by atoms with Gasteiger partial charge in [-0.3, -0.25) is 0 Å². The number of nitrogens with one attached hydrogen (secondary N) is 1. The van der Waals surface area contributed by atoms with Gasteiger partial charge < -0.3 is 10.1 Å². The molecule has 0 aliphatic heterocycles. The van der Waals surface area contributed by atoms with Gasteiger partial charge in [-0.25, -0.2) is 0 Å². The van der Waals surface area contributed by atoms with E-state index < -0.39 is 5.95 Å². The highest BCUT2D eigenvalue weighted by molar-refractivity contribution is 5.33. The van der Waals surface area contributed by atoms with Crippen molar-refractivity contribution in [3.8, 4) is 11.6 Å². The van der Waals surface area contributed by atoms with Crippen molar-refractivity contribution in [3.05, 3.63) is 78.2 Å². The average molecular weight is 295 g/mol. The van der Waals surface area contributed by atoms with E-state index >= 15 is 0 Å². The summed E-state index contributed by atoms with van der Waals surface area (Å²) in [5.41, 5.74) is 1.06. The number of anilines is 1. The monoisotopic (exact) mass is 295 g/mol. The summed E-state index contributed by atoms with van der Waals surface area (Å²) in [4.78, 5) is 7.88. The summed E-state index contributed by atoms with van der Waals surface area (Å²) < 4.78 is 19.1. The molecule has 0 atom stereocenters. The molecule has 1 N–H and O–H groups in total. The van der Waals surface area contributed by atoms with Crippen LogP contribution in [0.3, 0.4) is 0 Å². The third kappa shape index (κ3) is 3.79. The fraction of sp³-hybridized carbons (Fsp3) is 0.0588. The smallest absolute Gasteiger partial charge is 0.228 e. The number of nitrogens with zero attached hydrogens (tertiary/aromatic N) is 2. The van der Waals surface area contributed by atoms with Crippen molar-refractivity contribution in [2.24, 2.45) is 0 Å². The van der Waals surface area contributed by atoms with Gasteiger partial charge in [-0.1, -0.05) is 48.5 Å². The van der Waals surface area contributed by atoms with Crippen LogP contribution in [-0.4, -0.2) is 9.97 Å². The maximum absolute atomic E-state index is 13.6. The van der Waals surface area contributed by atoms with E-state index in [1.54, 1.807) is 12.1 Å². The molecule has 0 saturated heterocycles. The number of hydrogen-bond donors (Lipinski definition) is 1. The van der Waals surface area contributed by atoms with E-state index in [1.807, 2.05) is 48.5 Å². The Morgan fingerprint density at radius 1 is 0.909 bits per heavy atom. The maximum atomic E-state index is 13.6. The predicted octanol–water partition coefficient (Wildman–Crippen LogP) is 4.02. The topological polar surface area (TPSA) is 47.0 Å². The first-order valence-electron chi connectivity index (χ1n) is 6.85. The van der Waals surface area contributed by atoms with Gasteiger partial charge in [0.25, 0.3) is 0 Å². The Kier molecular flexibility index (Phi) is 4.25. The molecule has 0 amide bonds. The van der Waals surface area contributed by atoms with Crippen LogP contribution in [0.25, 0.3) is 0 Å². The van der Waals surface area contributed by atoms with E-state index in [9.17, 15) is 4.39 Å². The lowest BCUT2D eigenvalue weighted by Crippen LogP contribution is -2.05. The molecule has 1 heterocycles. The fourth-order valence-corrected chi connectivity index (χ4v) is 1.91. The second kappa shape index (κ2) is 6.67. The van der Waals surface area contributed by atoms with Gasteiger partial charge >= 0.3 is 0 Å². The van der Waals surface area contributed by atoms with Gasteiger partial charge in [0.05, 0.1) is 6.07 Å². The average Bonchev–Trinajstić information content (AvgIpc) is 2.54. The number of halogens is 1. The van der Waals surface area contributed by atoms with Crippen molar-refractivity contribution in [2.45, 2.75) is 6.54 Å². The summed E-state index contributed by atoms with van der Waals surface area (Å²) in [7, 11) is 0. The number of aromatic nitrogens is 2. The van der Waals surface area contributed by atoms with Gasteiger partial charge in [0.1, 0.15) is 5.75 Å². The number of hydrogen-bond acceptors (Lipinski definition) is 4. The third-order valence-electron chi connectivity index (χ3n) is 2.93. The molecule has 0 bridgehead atoms. The number of benzene rings is 2. The molecular formula is C17H14FN3O. The molecule has 0 radical (unpaired) electrons. The van der Waals surface area contributed by atoms with Crippen molar-refractivity contribution in [1.82, 2.24) is 9.97 Å². The van der Waals surface area contributed by atoms with E-state index in [2.05, 4.69) is 15.3 Å². The van der Waals surface area contributed by atoms with Gasteiger partial charge in [0.2, 0.25) is 17.8 Å². The molecule has 0 aliphatic carbocycles. The molecule has 0 spiro atoms. The molecule has 2 aromatic carbocycles. The van der Waals surface area contributed by atoms with Crippen LogP contribution in [0.15, 0.2) is 66.7 Å². The minimum atomic E-state index is -0.642. The van der Waals surface area contributed by atoms with Crippen LogP contribution in [0.4, 0.5) is 10.3 Å². The van der Waals surface area contributed by atoms with Gasteiger partial charge in [0.15, 0.2) is 0 Å². The molecule has 0 saturated carbocycles. The van der Waals surface area contributed by atoms with E-state index in [1.165, 1.54) is 0 Å². The first kappa shape index (κ1) is 14.0. The van der Waals surface area contributed by atoms with E-state index in [0.29, 0.717) is 12.3 Å². The second-order valence-corrected chi connectivity index (χ2v) is 4.61. The highest BCUT2D eigenvalue weighted by Crippen LogP contribution is 2.20. The molecule has 3 rings (SSSR count). The van der Waals surface area contributed by atoms with Crippen LogP contribution >= 0.6 is 0 Å². The molecular weight excluding hydrogens is 281 g/mol. The maximum Gasteiger partial charge on any atom is 0.228 e. The first-order chi connectivity index (χ1) is 10.8. The lowest BCUT2D eigenvalue weighted by atomic mass is 10.2. The van der Waals surface area contributed by atoms with E-state index in [4.69, 9.17) is 4.74 Å². The Hall–Kier alpha value is -2.95.